The van der Waals surface area contributed by atoms with Crippen molar-refractivity contribution in [3.63, 3.8) is 0 Å². The molecule has 2 heterocycles. The van der Waals surface area contributed by atoms with E-state index in [1.165, 1.54) is 31.4 Å². The summed E-state index contributed by atoms with van der Waals surface area (Å²) in [5, 5.41) is 6.85. The van der Waals surface area contributed by atoms with Crippen molar-refractivity contribution in [1.29, 1.82) is 0 Å². The quantitative estimate of drug-likeness (QED) is 0.218. The van der Waals surface area contributed by atoms with Gasteiger partial charge in [-0.15, -0.1) is 24.0 Å². The van der Waals surface area contributed by atoms with E-state index in [1.807, 2.05) is 18.0 Å². The number of aliphatic imine (C=N–C) groups is 1. The molecule has 0 aromatic heterocycles. The van der Waals surface area contributed by atoms with Crippen LogP contribution in [0.2, 0.25) is 0 Å². The third kappa shape index (κ3) is 8.60. The molecule has 31 heavy (non-hydrogen) atoms. The predicted molar refractivity (Wildman–Crippen MR) is 139 cm³/mol. The standard InChI is InChI=1S/C24H39N5O.HI/c1-20-9-6-7-14-28(20)15-8-13-26-24(25-2)27-18-22-17-23(30)29(19-22)16-12-21-10-4-3-5-11-21;/h3-5,10-11,20,22H,6-9,12-19H2,1-2H3,(H2,25,26,27);1H. The highest BCUT2D eigenvalue weighted by Crippen LogP contribution is 2.18. The van der Waals surface area contributed by atoms with Gasteiger partial charge in [0.05, 0.1) is 0 Å². The van der Waals surface area contributed by atoms with E-state index in [4.69, 9.17) is 0 Å². The van der Waals surface area contributed by atoms with Crippen LogP contribution in [0.15, 0.2) is 35.3 Å². The number of carbonyl (C=O) groups is 1. The van der Waals surface area contributed by atoms with Crippen LogP contribution >= 0.6 is 24.0 Å². The van der Waals surface area contributed by atoms with Crippen molar-refractivity contribution in [3.05, 3.63) is 35.9 Å². The minimum absolute atomic E-state index is 0. The Balaban J connectivity index is 0.00000341. The summed E-state index contributed by atoms with van der Waals surface area (Å²) in [7, 11) is 1.81. The van der Waals surface area contributed by atoms with Crippen LogP contribution in [0.3, 0.4) is 0 Å². The van der Waals surface area contributed by atoms with E-state index in [2.05, 4.69) is 51.7 Å². The number of carbonyl (C=O) groups excluding carboxylic acids is 1. The molecule has 2 unspecified atom stereocenters. The highest BCUT2D eigenvalue weighted by molar-refractivity contribution is 14.0. The summed E-state index contributed by atoms with van der Waals surface area (Å²) in [6.07, 6.45) is 6.72. The fourth-order valence-electron chi connectivity index (χ4n) is 4.56. The smallest absolute Gasteiger partial charge is 0.223 e. The number of hydrogen-bond donors (Lipinski definition) is 2. The van der Waals surface area contributed by atoms with E-state index < -0.39 is 0 Å². The highest BCUT2D eigenvalue weighted by Gasteiger charge is 2.29. The first-order valence-corrected chi connectivity index (χ1v) is 11.7. The van der Waals surface area contributed by atoms with Crippen LogP contribution in [0, 0.1) is 5.92 Å². The topological polar surface area (TPSA) is 60.0 Å². The lowest BCUT2D eigenvalue weighted by Gasteiger charge is -2.33. The minimum atomic E-state index is 0. The number of likely N-dealkylation sites (tertiary alicyclic amines) is 2. The maximum atomic E-state index is 12.4. The van der Waals surface area contributed by atoms with Gasteiger partial charge in [0, 0.05) is 58.2 Å². The maximum Gasteiger partial charge on any atom is 0.223 e. The van der Waals surface area contributed by atoms with Gasteiger partial charge in [-0.2, -0.15) is 0 Å². The first-order valence-electron chi connectivity index (χ1n) is 11.7. The van der Waals surface area contributed by atoms with Gasteiger partial charge in [0.15, 0.2) is 5.96 Å². The van der Waals surface area contributed by atoms with Crippen LogP contribution in [0.5, 0.6) is 0 Å². The molecule has 2 atom stereocenters. The van der Waals surface area contributed by atoms with Crippen LogP contribution in [-0.4, -0.2) is 74.0 Å². The van der Waals surface area contributed by atoms with Gasteiger partial charge in [0.2, 0.25) is 5.91 Å². The van der Waals surface area contributed by atoms with E-state index in [9.17, 15) is 4.79 Å². The number of rotatable bonds is 9. The first-order chi connectivity index (χ1) is 14.7. The monoisotopic (exact) mass is 541 g/mol. The largest absolute Gasteiger partial charge is 0.356 e. The zero-order valence-electron chi connectivity index (χ0n) is 19.2. The summed E-state index contributed by atoms with van der Waals surface area (Å²) in [5.74, 6) is 1.47. The Morgan fingerprint density at radius 1 is 1.16 bits per heavy atom. The molecular formula is C24H40IN5O. The Morgan fingerprint density at radius 2 is 1.97 bits per heavy atom. The van der Waals surface area contributed by atoms with Crippen LogP contribution < -0.4 is 10.6 Å². The summed E-state index contributed by atoms with van der Waals surface area (Å²) in [6, 6.07) is 11.1. The van der Waals surface area contributed by atoms with Crippen molar-refractivity contribution in [2.45, 2.75) is 51.5 Å². The molecule has 0 bridgehead atoms. The zero-order valence-corrected chi connectivity index (χ0v) is 21.5. The molecule has 0 saturated carbocycles. The van der Waals surface area contributed by atoms with E-state index >= 15 is 0 Å². The van der Waals surface area contributed by atoms with Crippen molar-refractivity contribution in [3.8, 4) is 0 Å². The Bertz CT molecular complexity index is 684. The molecule has 2 saturated heterocycles. The molecule has 1 aromatic rings. The SMILES string of the molecule is CN=C(NCCCN1CCCCC1C)NCC1CC(=O)N(CCc2ccccc2)C1.I. The molecule has 2 N–H and O–H groups in total. The number of piperidine rings is 1. The number of guanidine groups is 1. The highest BCUT2D eigenvalue weighted by atomic mass is 127. The third-order valence-electron chi connectivity index (χ3n) is 6.44. The first kappa shape index (κ1) is 25.9. The second-order valence-corrected chi connectivity index (χ2v) is 8.76. The van der Waals surface area contributed by atoms with Gasteiger partial charge in [-0.1, -0.05) is 36.8 Å². The molecule has 2 aliphatic heterocycles. The van der Waals surface area contributed by atoms with Crippen LogP contribution in [0.25, 0.3) is 0 Å². The molecular weight excluding hydrogens is 501 g/mol. The van der Waals surface area contributed by atoms with Gasteiger partial charge in [-0.3, -0.25) is 9.79 Å². The second kappa shape index (κ2) is 13.9. The van der Waals surface area contributed by atoms with E-state index in [0.29, 0.717) is 12.3 Å². The van der Waals surface area contributed by atoms with Crippen LogP contribution in [0.4, 0.5) is 0 Å². The lowest BCUT2D eigenvalue weighted by Crippen LogP contribution is -2.42. The minimum Gasteiger partial charge on any atom is -0.356 e. The second-order valence-electron chi connectivity index (χ2n) is 8.76. The fourth-order valence-corrected chi connectivity index (χ4v) is 4.56. The molecule has 2 fully saturated rings. The summed E-state index contributed by atoms with van der Waals surface area (Å²) in [5.41, 5.74) is 1.29. The van der Waals surface area contributed by atoms with Crippen molar-refractivity contribution < 1.29 is 4.79 Å². The van der Waals surface area contributed by atoms with Crippen molar-refractivity contribution in [2.75, 3.05) is 46.3 Å². The Hall–Kier alpha value is -1.35. The van der Waals surface area contributed by atoms with Crippen molar-refractivity contribution >= 4 is 35.8 Å². The Kier molecular flexibility index (Phi) is 11.6. The molecule has 1 amide bonds. The number of nitrogens with one attached hydrogen (secondary N) is 2. The molecule has 7 heteroatoms. The van der Waals surface area contributed by atoms with Gasteiger partial charge in [-0.05, 0) is 44.7 Å². The Labute approximate surface area is 205 Å². The summed E-state index contributed by atoms with van der Waals surface area (Å²) >= 11 is 0. The van der Waals surface area contributed by atoms with Crippen LogP contribution in [0.1, 0.15) is 44.6 Å². The molecule has 3 rings (SSSR count). The average Bonchev–Trinajstić information content (AvgIpc) is 3.13. The van der Waals surface area contributed by atoms with Gasteiger partial charge in [0.25, 0.3) is 0 Å². The third-order valence-corrected chi connectivity index (χ3v) is 6.44. The lowest BCUT2D eigenvalue weighted by atomic mass is 10.0. The van der Waals surface area contributed by atoms with Gasteiger partial charge >= 0.3 is 0 Å². The van der Waals surface area contributed by atoms with Crippen molar-refractivity contribution in [2.24, 2.45) is 10.9 Å². The Morgan fingerprint density at radius 3 is 2.71 bits per heavy atom. The van der Waals surface area contributed by atoms with Crippen LogP contribution in [-0.2, 0) is 11.2 Å². The number of amides is 1. The predicted octanol–water partition coefficient (Wildman–Crippen LogP) is 3.13. The zero-order chi connectivity index (χ0) is 21.2. The van der Waals surface area contributed by atoms with Crippen molar-refractivity contribution in [1.82, 2.24) is 20.4 Å². The molecule has 1 aromatic carbocycles. The number of halogens is 1. The number of benzene rings is 1. The van der Waals surface area contributed by atoms with E-state index in [1.54, 1.807) is 0 Å². The molecule has 174 valence electrons. The van der Waals surface area contributed by atoms with E-state index in [-0.39, 0.29) is 29.9 Å². The molecule has 0 radical (unpaired) electrons. The average molecular weight is 542 g/mol. The molecule has 0 spiro atoms. The molecule has 2 aliphatic rings. The lowest BCUT2D eigenvalue weighted by molar-refractivity contribution is -0.127. The van der Waals surface area contributed by atoms with Gasteiger partial charge in [0.1, 0.15) is 0 Å². The molecule has 0 aliphatic carbocycles. The maximum absolute atomic E-state index is 12.4. The normalized spacial score (nSPS) is 22.3. The van der Waals surface area contributed by atoms with Gasteiger partial charge in [-0.25, -0.2) is 0 Å². The fraction of sp³-hybridized carbons (Fsp3) is 0.667. The summed E-state index contributed by atoms with van der Waals surface area (Å²) in [4.78, 5) is 21.3. The van der Waals surface area contributed by atoms with E-state index in [0.717, 1.165) is 57.6 Å². The summed E-state index contributed by atoms with van der Waals surface area (Å²) < 4.78 is 0. The van der Waals surface area contributed by atoms with Gasteiger partial charge < -0.3 is 20.4 Å². The number of hydrogen-bond acceptors (Lipinski definition) is 3. The summed E-state index contributed by atoms with van der Waals surface area (Å²) in [6.45, 7) is 8.10. The molecule has 6 nitrogen and oxygen atoms in total. The number of nitrogens with zero attached hydrogens (tertiary/aromatic N) is 3.